The van der Waals surface area contributed by atoms with Crippen molar-refractivity contribution < 1.29 is 0 Å². The molecule has 0 saturated heterocycles. The SMILES string of the molecule is CC#CCCC(N)CSC(C)C. The highest BCUT2D eigenvalue weighted by atomic mass is 32.2. The lowest BCUT2D eigenvalue weighted by atomic mass is 10.2. The Morgan fingerprint density at radius 1 is 1.42 bits per heavy atom. The van der Waals surface area contributed by atoms with Crippen molar-refractivity contribution in [2.24, 2.45) is 5.73 Å². The van der Waals surface area contributed by atoms with E-state index in [4.69, 9.17) is 5.73 Å². The van der Waals surface area contributed by atoms with Crippen LogP contribution in [0, 0.1) is 11.8 Å². The third kappa shape index (κ3) is 7.97. The van der Waals surface area contributed by atoms with E-state index >= 15 is 0 Å². The van der Waals surface area contributed by atoms with Crippen LogP contribution in [0.5, 0.6) is 0 Å². The van der Waals surface area contributed by atoms with Gasteiger partial charge in [0.1, 0.15) is 0 Å². The Hall–Kier alpha value is -0.130. The zero-order chi connectivity index (χ0) is 9.40. The van der Waals surface area contributed by atoms with Gasteiger partial charge < -0.3 is 5.73 Å². The molecule has 0 rings (SSSR count). The van der Waals surface area contributed by atoms with Crippen LogP contribution < -0.4 is 5.73 Å². The van der Waals surface area contributed by atoms with E-state index in [1.807, 2.05) is 18.7 Å². The predicted molar refractivity (Wildman–Crippen MR) is 58.3 cm³/mol. The molecule has 0 aromatic heterocycles. The molecule has 0 fully saturated rings. The predicted octanol–water partition coefficient (Wildman–Crippen LogP) is 2.26. The maximum Gasteiger partial charge on any atom is 0.0139 e. The molecule has 0 spiro atoms. The molecule has 0 saturated carbocycles. The molecule has 0 radical (unpaired) electrons. The van der Waals surface area contributed by atoms with Crippen LogP contribution in [0.1, 0.15) is 33.6 Å². The second-order valence-corrected chi connectivity index (χ2v) is 4.72. The number of rotatable bonds is 5. The van der Waals surface area contributed by atoms with Gasteiger partial charge in [0.2, 0.25) is 0 Å². The molecule has 0 aliphatic heterocycles. The summed E-state index contributed by atoms with van der Waals surface area (Å²) in [6, 6.07) is 0.318. The Kier molecular flexibility index (Phi) is 7.43. The van der Waals surface area contributed by atoms with Crippen molar-refractivity contribution in [2.45, 2.75) is 44.9 Å². The third-order valence-electron chi connectivity index (χ3n) is 1.46. The zero-order valence-corrected chi connectivity index (χ0v) is 9.08. The molecular formula is C10H19NS. The average molecular weight is 185 g/mol. The minimum absolute atomic E-state index is 0.318. The molecule has 0 amide bonds. The first-order chi connectivity index (χ1) is 5.66. The van der Waals surface area contributed by atoms with E-state index in [9.17, 15) is 0 Å². The summed E-state index contributed by atoms with van der Waals surface area (Å²) in [7, 11) is 0. The Morgan fingerprint density at radius 3 is 2.58 bits per heavy atom. The van der Waals surface area contributed by atoms with E-state index in [0.717, 1.165) is 18.6 Å². The number of hydrogen-bond acceptors (Lipinski definition) is 2. The fraction of sp³-hybridized carbons (Fsp3) is 0.800. The van der Waals surface area contributed by atoms with E-state index in [1.165, 1.54) is 0 Å². The zero-order valence-electron chi connectivity index (χ0n) is 8.26. The second-order valence-electron chi connectivity index (χ2n) is 3.11. The molecule has 0 aromatic rings. The molecule has 2 N–H and O–H groups in total. The van der Waals surface area contributed by atoms with Crippen molar-refractivity contribution in [2.75, 3.05) is 5.75 Å². The van der Waals surface area contributed by atoms with E-state index in [-0.39, 0.29) is 0 Å². The molecule has 0 bridgehead atoms. The minimum atomic E-state index is 0.318. The second kappa shape index (κ2) is 7.52. The molecule has 0 heterocycles. The van der Waals surface area contributed by atoms with E-state index in [1.54, 1.807) is 0 Å². The Morgan fingerprint density at radius 2 is 2.08 bits per heavy atom. The van der Waals surface area contributed by atoms with Crippen molar-refractivity contribution in [1.82, 2.24) is 0 Å². The van der Waals surface area contributed by atoms with Crippen molar-refractivity contribution >= 4 is 11.8 Å². The van der Waals surface area contributed by atoms with E-state index in [2.05, 4.69) is 25.7 Å². The molecule has 1 nitrogen and oxygen atoms in total. The van der Waals surface area contributed by atoms with Gasteiger partial charge in [-0.05, 0) is 18.6 Å². The summed E-state index contributed by atoms with van der Waals surface area (Å²) in [5.41, 5.74) is 5.87. The van der Waals surface area contributed by atoms with Gasteiger partial charge in [-0.3, -0.25) is 0 Å². The van der Waals surface area contributed by atoms with Crippen LogP contribution in [0.4, 0.5) is 0 Å². The maximum absolute atomic E-state index is 5.87. The van der Waals surface area contributed by atoms with Crippen molar-refractivity contribution in [3.05, 3.63) is 0 Å². The quantitative estimate of drug-likeness (QED) is 0.665. The number of hydrogen-bond donors (Lipinski definition) is 1. The highest BCUT2D eigenvalue weighted by Gasteiger charge is 2.02. The van der Waals surface area contributed by atoms with Crippen LogP contribution in [0.3, 0.4) is 0 Å². The van der Waals surface area contributed by atoms with Gasteiger partial charge in [0.25, 0.3) is 0 Å². The topological polar surface area (TPSA) is 26.0 Å². The third-order valence-corrected chi connectivity index (χ3v) is 2.75. The summed E-state index contributed by atoms with van der Waals surface area (Å²) in [6.07, 6.45) is 1.97. The van der Waals surface area contributed by atoms with Crippen LogP contribution in [0.25, 0.3) is 0 Å². The lowest BCUT2D eigenvalue weighted by Crippen LogP contribution is -2.23. The molecule has 0 aromatic carbocycles. The van der Waals surface area contributed by atoms with Gasteiger partial charge in [-0.15, -0.1) is 11.8 Å². The molecule has 0 aliphatic rings. The summed E-state index contributed by atoms with van der Waals surface area (Å²) >= 11 is 1.92. The molecule has 0 aliphatic carbocycles. The molecular weight excluding hydrogens is 166 g/mol. The standard InChI is InChI=1S/C10H19NS/c1-4-5-6-7-10(11)8-12-9(2)3/h9-10H,6-8,11H2,1-3H3. The van der Waals surface area contributed by atoms with Crippen molar-refractivity contribution in [1.29, 1.82) is 0 Å². The summed E-state index contributed by atoms with van der Waals surface area (Å²) in [5.74, 6) is 6.96. The first-order valence-electron chi connectivity index (χ1n) is 4.43. The smallest absolute Gasteiger partial charge is 0.0139 e. The monoisotopic (exact) mass is 185 g/mol. The van der Waals surface area contributed by atoms with Crippen LogP contribution in [-0.2, 0) is 0 Å². The molecule has 70 valence electrons. The molecule has 12 heavy (non-hydrogen) atoms. The maximum atomic E-state index is 5.87. The van der Waals surface area contributed by atoms with Gasteiger partial charge in [0.05, 0.1) is 0 Å². The van der Waals surface area contributed by atoms with Gasteiger partial charge in [0, 0.05) is 18.2 Å². The lowest BCUT2D eigenvalue weighted by molar-refractivity contribution is 0.691. The molecule has 2 heteroatoms. The van der Waals surface area contributed by atoms with Gasteiger partial charge in [-0.25, -0.2) is 0 Å². The molecule has 1 unspecified atom stereocenters. The van der Waals surface area contributed by atoms with Crippen LogP contribution in [0.15, 0.2) is 0 Å². The van der Waals surface area contributed by atoms with Crippen LogP contribution in [0.2, 0.25) is 0 Å². The Labute approximate surface area is 80.5 Å². The Balaban J connectivity index is 3.31. The van der Waals surface area contributed by atoms with Crippen LogP contribution in [-0.4, -0.2) is 17.0 Å². The van der Waals surface area contributed by atoms with Crippen molar-refractivity contribution in [3.8, 4) is 11.8 Å². The normalized spacial score (nSPS) is 12.4. The fourth-order valence-corrected chi connectivity index (χ4v) is 1.58. The highest BCUT2D eigenvalue weighted by molar-refractivity contribution is 7.99. The van der Waals surface area contributed by atoms with Gasteiger partial charge in [0.15, 0.2) is 0 Å². The van der Waals surface area contributed by atoms with Crippen molar-refractivity contribution in [3.63, 3.8) is 0 Å². The van der Waals surface area contributed by atoms with E-state index in [0.29, 0.717) is 11.3 Å². The first kappa shape index (κ1) is 11.9. The largest absolute Gasteiger partial charge is 0.327 e. The summed E-state index contributed by atoms with van der Waals surface area (Å²) < 4.78 is 0. The van der Waals surface area contributed by atoms with Gasteiger partial charge in [-0.2, -0.15) is 11.8 Å². The van der Waals surface area contributed by atoms with E-state index < -0.39 is 0 Å². The average Bonchev–Trinajstić information content (AvgIpc) is 2.01. The highest BCUT2D eigenvalue weighted by Crippen LogP contribution is 2.11. The first-order valence-corrected chi connectivity index (χ1v) is 5.48. The number of thioether (sulfide) groups is 1. The van der Waals surface area contributed by atoms with Crippen LogP contribution >= 0.6 is 11.8 Å². The molecule has 1 atom stereocenters. The van der Waals surface area contributed by atoms with Gasteiger partial charge in [-0.1, -0.05) is 13.8 Å². The fourth-order valence-electron chi connectivity index (χ4n) is 0.782. The summed E-state index contributed by atoms with van der Waals surface area (Å²) in [5, 5.41) is 0.688. The minimum Gasteiger partial charge on any atom is -0.327 e. The lowest BCUT2D eigenvalue weighted by Gasteiger charge is -2.10. The number of nitrogens with two attached hydrogens (primary N) is 1. The Bertz CT molecular complexity index is 155. The summed E-state index contributed by atoms with van der Waals surface area (Å²) in [4.78, 5) is 0. The van der Waals surface area contributed by atoms with Gasteiger partial charge >= 0.3 is 0 Å². The summed E-state index contributed by atoms with van der Waals surface area (Å²) in [6.45, 7) is 6.26.